The van der Waals surface area contributed by atoms with Crippen molar-refractivity contribution in [3.05, 3.63) is 53.7 Å². The molecule has 1 aromatic heterocycles. The molecule has 0 spiro atoms. The minimum Gasteiger partial charge on any atom is -0.255 e. The molecule has 5 heteroatoms. The third-order valence-electron chi connectivity index (χ3n) is 2.40. The van der Waals surface area contributed by atoms with Crippen LogP contribution in [0.4, 0.5) is 13.2 Å². The SMILES string of the molecule is N#Cc1ccc(-c2ccc(C(F)(F)F)cc2)nc1. The summed E-state index contributed by atoms with van der Waals surface area (Å²) in [7, 11) is 0. The lowest BCUT2D eigenvalue weighted by molar-refractivity contribution is -0.137. The molecule has 0 saturated carbocycles. The number of hydrogen-bond donors (Lipinski definition) is 0. The van der Waals surface area contributed by atoms with Gasteiger partial charge in [0.15, 0.2) is 0 Å². The van der Waals surface area contributed by atoms with Crippen LogP contribution in [0.1, 0.15) is 11.1 Å². The molecule has 0 radical (unpaired) electrons. The van der Waals surface area contributed by atoms with Crippen LogP contribution in [-0.4, -0.2) is 4.98 Å². The fourth-order valence-corrected chi connectivity index (χ4v) is 1.46. The summed E-state index contributed by atoms with van der Waals surface area (Å²) in [5, 5.41) is 8.61. The molecule has 0 unspecified atom stereocenters. The smallest absolute Gasteiger partial charge is 0.255 e. The Hall–Kier alpha value is -2.35. The number of nitriles is 1. The molecular formula is C13H7F3N2. The predicted octanol–water partition coefficient (Wildman–Crippen LogP) is 3.64. The lowest BCUT2D eigenvalue weighted by Crippen LogP contribution is -2.04. The van der Waals surface area contributed by atoms with Crippen molar-refractivity contribution in [1.82, 2.24) is 4.98 Å². The second kappa shape index (κ2) is 4.49. The van der Waals surface area contributed by atoms with Crippen molar-refractivity contribution in [2.45, 2.75) is 6.18 Å². The van der Waals surface area contributed by atoms with Crippen LogP contribution in [0.5, 0.6) is 0 Å². The van der Waals surface area contributed by atoms with Crippen molar-refractivity contribution in [3.8, 4) is 17.3 Å². The second-order valence-corrected chi connectivity index (χ2v) is 3.62. The lowest BCUT2D eigenvalue weighted by Gasteiger charge is -2.07. The van der Waals surface area contributed by atoms with Crippen LogP contribution in [0.25, 0.3) is 11.3 Å². The maximum Gasteiger partial charge on any atom is 0.416 e. The Balaban J connectivity index is 2.32. The first-order chi connectivity index (χ1) is 8.50. The average molecular weight is 248 g/mol. The summed E-state index contributed by atoms with van der Waals surface area (Å²) in [4.78, 5) is 4.01. The van der Waals surface area contributed by atoms with Gasteiger partial charge in [-0.3, -0.25) is 4.98 Å². The highest BCUT2D eigenvalue weighted by Gasteiger charge is 2.29. The third-order valence-corrected chi connectivity index (χ3v) is 2.40. The molecule has 0 aliphatic carbocycles. The molecule has 0 fully saturated rings. The topological polar surface area (TPSA) is 36.7 Å². The van der Waals surface area contributed by atoms with E-state index >= 15 is 0 Å². The van der Waals surface area contributed by atoms with Crippen molar-refractivity contribution in [1.29, 1.82) is 5.26 Å². The molecule has 1 heterocycles. The molecule has 0 aliphatic rings. The van der Waals surface area contributed by atoms with E-state index in [0.29, 0.717) is 16.8 Å². The Morgan fingerprint density at radius 2 is 1.67 bits per heavy atom. The number of rotatable bonds is 1. The summed E-state index contributed by atoms with van der Waals surface area (Å²) >= 11 is 0. The number of aromatic nitrogens is 1. The number of alkyl halides is 3. The molecule has 90 valence electrons. The molecule has 1 aromatic carbocycles. The van der Waals surface area contributed by atoms with Gasteiger partial charge in [0.2, 0.25) is 0 Å². The molecule has 0 amide bonds. The van der Waals surface area contributed by atoms with E-state index < -0.39 is 11.7 Å². The van der Waals surface area contributed by atoms with Gasteiger partial charge in [-0.05, 0) is 24.3 Å². The number of benzene rings is 1. The van der Waals surface area contributed by atoms with Gasteiger partial charge in [0.1, 0.15) is 6.07 Å². The van der Waals surface area contributed by atoms with Crippen molar-refractivity contribution >= 4 is 0 Å². The minimum absolute atomic E-state index is 0.408. The van der Waals surface area contributed by atoms with Gasteiger partial charge >= 0.3 is 6.18 Å². The Labute approximate surface area is 101 Å². The Bertz CT molecular complexity index is 578. The van der Waals surface area contributed by atoms with E-state index in [1.807, 2.05) is 6.07 Å². The molecule has 2 rings (SSSR count). The quantitative estimate of drug-likeness (QED) is 0.772. The summed E-state index contributed by atoms with van der Waals surface area (Å²) < 4.78 is 37.1. The highest BCUT2D eigenvalue weighted by molar-refractivity contribution is 5.60. The van der Waals surface area contributed by atoms with Gasteiger partial charge in [0.05, 0.1) is 16.8 Å². The molecular weight excluding hydrogens is 241 g/mol. The first-order valence-corrected chi connectivity index (χ1v) is 5.04. The standard InChI is InChI=1S/C13H7F3N2/c14-13(15,16)11-4-2-10(3-5-11)12-6-1-9(7-17)8-18-12/h1-6,8H. The zero-order chi connectivity index (χ0) is 13.2. The minimum atomic E-state index is -4.34. The first kappa shape index (κ1) is 12.1. The Morgan fingerprint density at radius 1 is 1.00 bits per heavy atom. The maximum atomic E-state index is 12.4. The van der Waals surface area contributed by atoms with Crippen molar-refractivity contribution in [2.75, 3.05) is 0 Å². The van der Waals surface area contributed by atoms with Crippen LogP contribution in [-0.2, 0) is 6.18 Å². The van der Waals surface area contributed by atoms with Gasteiger partial charge in [-0.15, -0.1) is 0 Å². The van der Waals surface area contributed by atoms with Gasteiger partial charge in [0.25, 0.3) is 0 Å². The fraction of sp³-hybridized carbons (Fsp3) is 0.0769. The van der Waals surface area contributed by atoms with Crippen molar-refractivity contribution < 1.29 is 13.2 Å². The normalized spacial score (nSPS) is 11.0. The van der Waals surface area contributed by atoms with Crippen LogP contribution in [0.2, 0.25) is 0 Å². The number of nitrogens with zero attached hydrogens (tertiary/aromatic N) is 2. The summed E-state index contributed by atoms with van der Waals surface area (Å²) in [5.41, 5.74) is 0.820. The van der Waals surface area contributed by atoms with Crippen molar-refractivity contribution in [2.24, 2.45) is 0 Å². The highest BCUT2D eigenvalue weighted by Crippen LogP contribution is 2.30. The third kappa shape index (κ3) is 2.48. The lowest BCUT2D eigenvalue weighted by atomic mass is 10.1. The molecule has 0 bridgehead atoms. The van der Waals surface area contributed by atoms with Gasteiger partial charge in [-0.2, -0.15) is 18.4 Å². The highest BCUT2D eigenvalue weighted by atomic mass is 19.4. The summed E-state index contributed by atoms with van der Waals surface area (Å²) in [5.74, 6) is 0. The van der Waals surface area contributed by atoms with E-state index in [0.717, 1.165) is 12.1 Å². The average Bonchev–Trinajstić information content (AvgIpc) is 2.38. The summed E-state index contributed by atoms with van der Waals surface area (Å²) in [6.45, 7) is 0. The summed E-state index contributed by atoms with van der Waals surface area (Å²) in [6, 6.07) is 9.83. The van der Waals surface area contributed by atoms with Crippen LogP contribution >= 0.6 is 0 Å². The van der Waals surface area contributed by atoms with E-state index in [2.05, 4.69) is 4.98 Å². The number of pyridine rings is 1. The largest absolute Gasteiger partial charge is 0.416 e. The van der Waals surface area contributed by atoms with E-state index in [4.69, 9.17) is 5.26 Å². The Morgan fingerprint density at radius 3 is 2.11 bits per heavy atom. The predicted molar refractivity (Wildman–Crippen MR) is 59.4 cm³/mol. The van der Waals surface area contributed by atoms with Crippen molar-refractivity contribution in [3.63, 3.8) is 0 Å². The molecule has 0 atom stereocenters. The first-order valence-electron chi connectivity index (χ1n) is 5.04. The van der Waals surface area contributed by atoms with E-state index in [9.17, 15) is 13.2 Å². The Kier molecular flexibility index (Phi) is 3.02. The number of halogens is 3. The zero-order valence-corrected chi connectivity index (χ0v) is 9.07. The fourth-order valence-electron chi connectivity index (χ4n) is 1.46. The zero-order valence-electron chi connectivity index (χ0n) is 9.07. The van der Waals surface area contributed by atoms with Gasteiger partial charge < -0.3 is 0 Å². The molecule has 2 aromatic rings. The van der Waals surface area contributed by atoms with E-state index in [-0.39, 0.29) is 0 Å². The van der Waals surface area contributed by atoms with Crippen LogP contribution in [0, 0.1) is 11.3 Å². The molecule has 18 heavy (non-hydrogen) atoms. The van der Waals surface area contributed by atoms with Crippen LogP contribution in [0.15, 0.2) is 42.6 Å². The molecule has 0 saturated heterocycles. The van der Waals surface area contributed by atoms with Gasteiger partial charge in [0, 0.05) is 11.8 Å². The monoisotopic (exact) mass is 248 g/mol. The number of hydrogen-bond acceptors (Lipinski definition) is 2. The van der Waals surface area contributed by atoms with E-state index in [1.165, 1.54) is 18.3 Å². The molecule has 0 N–H and O–H groups in total. The van der Waals surface area contributed by atoms with Gasteiger partial charge in [-0.25, -0.2) is 0 Å². The van der Waals surface area contributed by atoms with Crippen LogP contribution in [0.3, 0.4) is 0 Å². The maximum absolute atomic E-state index is 12.4. The van der Waals surface area contributed by atoms with Crippen LogP contribution < -0.4 is 0 Å². The van der Waals surface area contributed by atoms with Gasteiger partial charge in [-0.1, -0.05) is 12.1 Å². The molecule has 0 aliphatic heterocycles. The second-order valence-electron chi connectivity index (χ2n) is 3.62. The van der Waals surface area contributed by atoms with E-state index in [1.54, 1.807) is 12.1 Å². The molecule has 2 nitrogen and oxygen atoms in total. The summed E-state index contributed by atoms with van der Waals surface area (Å²) in [6.07, 6.45) is -2.95.